The molecule has 2 saturated heterocycles. The quantitative estimate of drug-likeness (QED) is 0.686. The van der Waals surface area contributed by atoms with Crippen LogP contribution in [-0.4, -0.2) is 66.7 Å². The van der Waals surface area contributed by atoms with Gasteiger partial charge in [0.2, 0.25) is 5.91 Å². The van der Waals surface area contributed by atoms with E-state index in [2.05, 4.69) is 5.32 Å². The van der Waals surface area contributed by atoms with Gasteiger partial charge in [0.25, 0.3) is 5.91 Å². The van der Waals surface area contributed by atoms with Crippen molar-refractivity contribution in [1.82, 2.24) is 15.1 Å². The Morgan fingerprint density at radius 2 is 1.93 bits per heavy atom. The van der Waals surface area contributed by atoms with E-state index in [1.807, 2.05) is 0 Å². The first-order valence-electron chi connectivity index (χ1n) is 9.53. The monoisotopic (exact) mass is 425 g/mol. The third kappa shape index (κ3) is 3.85. The molecule has 2 heterocycles. The molecule has 2 aliphatic heterocycles. The summed E-state index contributed by atoms with van der Waals surface area (Å²) in [7, 11) is -3.18. The molecule has 2 aliphatic rings. The van der Waals surface area contributed by atoms with Crippen molar-refractivity contribution < 1.29 is 27.2 Å². The van der Waals surface area contributed by atoms with Crippen LogP contribution in [0.4, 0.5) is 9.18 Å². The number of hydrogen-bond donors (Lipinski definition) is 1. The molecule has 29 heavy (non-hydrogen) atoms. The van der Waals surface area contributed by atoms with E-state index in [-0.39, 0.29) is 24.5 Å². The Labute approximate surface area is 169 Å². The molecule has 0 aromatic heterocycles. The first-order valence-corrected chi connectivity index (χ1v) is 11.4. The van der Waals surface area contributed by atoms with Crippen molar-refractivity contribution >= 4 is 27.7 Å². The van der Waals surface area contributed by atoms with Crippen LogP contribution in [0.25, 0.3) is 0 Å². The van der Waals surface area contributed by atoms with E-state index in [4.69, 9.17) is 0 Å². The number of nitrogens with zero attached hydrogens (tertiary/aromatic N) is 2. The lowest BCUT2D eigenvalue weighted by Crippen LogP contribution is -2.48. The molecular formula is C19H24FN3O5S. The molecule has 4 amide bonds. The predicted molar refractivity (Wildman–Crippen MR) is 103 cm³/mol. The van der Waals surface area contributed by atoms with Gasteiger partial charge in [-0.05, 0) is 37.5 Å². The van der Waals surface area contributed by atoms with Crippen LogP contribution in [0.5, 0.6) is 0 Å². The highest BCUT2D eigenvalue weighted by Gasteiger charge is 2.52. The molecule has 3 rings (SSSR count). The Morgan fingerprint density at radius 1 is 1.28 bits per heavy atom. The van der Waals surface area contributed by atoms with Gasteiger partial charge in [-0.1, -0.05) is 19.1 Å². The predicted octanol–water partition coefficient (Wildman–Crippen LogP) is 1.02. The molecule has 1 aromatic rings. The zero-order chi connectivity index (χ0) is 21.4. The molecule has 2 fully saturated rings. The van der Waals surface area contributed by atoms with Crippen molar-refractivity contribution in [2.45, 2.75) is 38.3 Å². The lowest BCUT2D eigenvalue weighted by atomic mass is 9.87. The zero-order valence-electron chi connectivity index (χ0n) is 16.4. The van der Waals surface area contributed by atoms with Gasteiger partial charge in [0, 0.05) is 12.6 Å². The summed E-state index contributed by atoms with van der Waals surface area (Å²) >= 11 is 0. The smallest absolute Gasteiger partial charge is 0.325 e. The van der Waals surface area contributed by atoms with Crippen molar-refractivity contribution in [2.75, 3.05) is 24.6 Å². The van der Waals surface area contributed by atoms with Gasteiger partial charge in [-0.15, -0.1) is 0 Å². The molecule has 0 spiro atoms. The summed E-state index contributed by atoms with van der Waals surface area (Å²) in [6, 6.07) is 4.13. The van der Waals surface area contributed by atoms with Gasteiger partial charge >= 0.3 is 6.03 Å². The van der Waals surface area contributed by atoms with Crippen LogP contribution >= 0.6 is 0 Å². The normalized spacial score (nSPS) is 25.9. The Morgan fingerprint density at radius 3 is 2.45 bits per heavy atom. The standard InChI is InChI=1S/C19H24FN3O5S/c1-3-19(13-5-7-14(20)8-6-13)17(25)23(18(26)21-19)11-16(24)22(4-2)15-9-10-29(27,28)12-15/h5-8,15H,3-4,9-12H2,1-2H3,(H,21,26). The Bertz CT molecular complexity index is 934. The third-order valence-electron chi connectivity index (χ3n) is 5.65. The number of carbonyl (C=O) groups excluding carboxylic acids is 3. The number of nitrogens with one attached hydrogen (secondary N) is 1. The molecule has 1 aromatic carbocycles. The second-order valence-corrected chi connectivity index (χ2v) is 9.55. The van der Waals surface area contributed by atoms with E-state index < -0.39 is 51.6 Å². The van der Waals surface area contributed by atoms with Gasteiger partial charge in [0.1, 0.15) is 17.9 Å². The fraction of sp³-hybridized carbons (Fsp3) is 0.526. The highest BCUT2D eigenvalue weighted by atomic mass is 32.2. The summed E-state index contributed by atoms with van der Waals surface area (Å²) in [5.41, 5.74) is -0.928. The van der Waals surface area contributed by atoms with Crippen molar-refractivity contribution in [1.29, 1.82) is 0 Å². The third-order valence-corrected chi connectivity index (χ3v) is 7.40. The molecule has 158 valence electrons. The van der Waals surface area contributed by atoms with E-state index in [9.17, 15) is 27.2 Å². The summed E-state index contributed by atoms with van der Waals surface area (Å²) in [5, 5.41) is 2.65. The summed E-state index contributed by atoms with van der Waals surface area (Å²) in [6.07, 6.45) is 0.572. The number of sulfone groups is 1. The summed E-state index contributed by atoms with van der Waals surface area (Å²) < 4.78 is 36.8. The molecule has 2 unspecified atom stereocenters. The lowest BCUT2D eigenvalue weighted by molar-refractivity contribution is -0.140. The fourth-order valence-corrected chi connectivity index (χ4v) is 5.76. The molecule has 0 aliphatic carbocycles. The second-order valence-electron chi connectivity index (χ2n) is 7.32. The maximum atomic E-state index is 13.3. The van der Waals surface area contributed by atoms with Crippen LogP contribution < -0.4 is 5.32 Å². The Hall–Kier alpha value is -2.49. The number of amides is 4. The summed E-state index contributed by atoms with van der Waals surface area (Å²) in [5.74, 6) is -1.62. The van der Waals surface area contributed by atoms with E-state index in [0.29, 0.717) is 12.0 Å². The number of urea groups is 1. The molecule has 0 radical (unpaired) electrons. The van der Waals surface area contributed by atoms with Gasteiger partial charge < -0.3 is 10.2 Å². The van der Waals surface area contributed by atoms with Crippen molar-refractivity contribution in [3.05, 3.63) is 35.6 Å². The van der Waals surface area contributed by atoms with Gasteiger partial charge in [-0.3, -0.25) is 14.5 Å². The minimum Gasteiger partial charge on any atom is -0.337 e. The minimum atomic E-state index is -3.18. The lowest BCUT2D eigenvalue weighted by Gasteiger charge is -2.29. The molecule has 10 heteroatoms. The Kier molecular flexibility index (Phi) is 5.66. The molecule has 2 atom stereocenters. The van der Waals surface area contributed by atoms with Gasteiger partial charge in [-0.25, -0.2) is 17.6 Å². The number of carbonyl (C=O) groups is 3. The average molecular weight is 425 g/mol. The number of halogens is 1. The number of likely N-dealkylation sites (N-methyl/N-ethyl adjacent to an activating group) is 1. The SMILES string of the molecule is CCN(C(=O)CN1C(=O)NC(CC)(c2ccc(F)cc2)C1=O)C1CCS(=O)(=O)C1. The van der Waals surface area contributed by atoms with Crippen LogP contribution in [0, 0.1) is 5.82 Å². The van der Waals surface area contributed by atoms with E-state index >= 15 is 0 Å². The second kappa shape index (κ2) is 7.74. The zero-order valence-corrected chi connectivity index (χ0v) is 17.2. The average Bonchev–Trinajstić information content (AvgIpc) is 3.15. The fourth-order valence-electron chi connectivity index (χ4n) is 4.03. The molecular weight excluding hydrogens is 401 g/mol. The van der Waals surface area contributed by atoms with Crippen LogP contribution in [0.15, 0.2) is 24.3 Å². The first-order chi connectivity index (χ1) is 13.6. The number of rotatable bonds is 6. The van der Waals surface area contributed by atoms with Crippen LogP contribution in [-0.2, 0) is 25.0 Å². The van der Waals surface area contributed by atoms with Crippen molar-refractivity contribution in [3.8, 4) is 0 Å². The minimum absolute atomic E-state index is 0.0219. The van der Waals surface area contributed by atoms with Gasteiger partial charge in [0.05, 0.1) is 11.5 Å². The van der Waals surface area contributed by atoms with Crippen molar-refractivity contribution in [2.24, 2.45) is 0 Å². The van der Waals surface area contributed by atoms with Crippen LogP contribution in [0.3, 0.4) is 0 Å². The molecule has 0 saturated carbocycles. The van der Waals surface area contributed by atoms with Crippen LogP contribution in [0.1, 0.15) is 32.3 Å². The highest BCUT2D eigenvalue weighted by molar-refractivity contribution is 7.91. The van der Waals surface area contributed by atoms with Crippen LogP contribution in [0.2, 0.25) is 0 Å². The number of imide groups is 1. The highest BCUT2D eigenvalue weighted by Crippen LogP contribution is 2.32. The largest absolute Gasteiger partial charge is 0.337 e. The van der Waals surface area contributed by atoms with E-state index in [1.54, 1.807) is 13.8 Å². The van der Waals surface area contributed by atoms with E-state index in [1.165, 1.54) is 29.2 Å². The van der Waals surface area contributed by atoms with Gasteiger partial charge in [-0.2, -0.15) is 0 Å². The maximum absolute atomic E-state index is 13.3. The molecule has 1 N–H and O–H groups in total. The summed E-state index contributed by atoms with van der Waals surface area (Å²) in [6.45, 7) is 3.25. The first kappa shape index (κ1) is 21.2. The number of hydrogen-bond acceptors (Lipinski definition) is 5. The van der Waals surface area contributed by atoms with Gasteiger partial charge in [0.15, 0.2) is 9.84 Å². The van der Waals surface area contributed by atoms with E-state index in [0.717, 1.165) is 4.90 Å². The molecule has 8 nitrogen and oxygen atoms in total. The number of benzene rings is 1. The topological polar surface area (TPSA) is 104 Å². The maximum Gasteiger partial charge on any atom is 0.325 e. The summed E-state index contributed by atoms with van der Waals surface area (Å²) in [4.78, 5) is 40.7. The van der Waals surface area contributed by atoms with Crippen molar-refractivity contribution in [3.63, 3.8) is 0 Å². The Balaban J connectivity index is 1.80. The molecule has 0 bridgehead atoms.